The van der Waals surface area contributed by atoms with E-state index < -0.39 is 6.24 Å². The lowest BCUT2D eigenvalue weighted by molar-refractivity contribution is 1.76. The van der Waals surface area contributed by atoms with E-state index in [2.05, 4.69) is 6.30 Å². The third-order valence-corrected chi connectivity index (χ3v) is 5.74. The summed E-state index contributed by atoms with van der Waals surface area (Å²) in [5.41, 5.74) is 0. The minimum Gasteiger partial charge on any atom is -0.0884 e. The van der Waals surface area contributed by atoms with E-state index in [1.807, 2.05) is 60.7 Å². The van der Waals surface area contributed by atoms with Crippen LogP contribution in [0.15, 0.2) is 60.7 Å². The molecule has 0 bridgehead atoms. The standard InChI is InChI=1S/C13H12ClP/c1-15(14,12-8-4-2-5-9-12)13-10-6-3-7-11-13/h2-11H,1H2. The van der Waals surface area contributed by atoms with Crippen molar-refractivity contribution in [3.05, 3.63) is 60.7 Å². The molecule has 0 spiro atoms. The van der Waals surface area contributed by atoms with Crippen molar-refractivity contribution in [1.29, 1.82) is 0 Å². The molecule has 0 radical (unpaired) electrons. The molecular formula is C13H12ClP. The quantitative estimate of drug-likeness (QED) is 0.700. The first-order valence-electron chi connectivity index (χ1n) is 4.75. The van der Waals surface area contributed by atoms with Crippen LogP contribution < -0.4 is 10.6 Å². The van der Waals surface area contributed by atoms with Gasteiger partial charge < -0.3 is 0 Å². The van der Waals surface area contributed by atoms with Crippen molar-refractivity contribution >= 4 is 34.4 Å². The van der Waals surface area contributed by atoms with E-state index in [0.29, 0.717) is 0 Å². The van der Waals surface area contributed by atoms with Gasteiger partial charge in [0, 0.05) is 6.24 Å². The van der Waals surface area contributed by atoms with Crippen LogP contribution in [0.25, 0.3) is 0 Å². The number of rotatable bonds is 2. The Morgan fingerprint density at radius 2 is 1.07 bits per heavy atom. The molecular weight excluding hydrogens is 223 g/mol. The maximum Gasteiger partial charge on any atom is 0.0269 e. The molecule has 0 nitrogen and oxygen atoms in total. The highest BCUT2D eigenvalue weighted by molar-refractivity contribution is 8.07. The van der Waals surface area contributed by atoms with E-state index in [9.17, 15) is 0 Å². The molecule has 0 saturated heterocycles. The number of hydrogen-bond acceptors (Lipinski definition) is 0. The first kappa shape index (κ1) is 10.5. The van der Waals surface area contributed by atoms with Crippen molar-refractivity contribution < 1.29 is 0 Å². The second kappa shape index (κ2) is 4.26. The van der Waals surface area contributed by atoms with Crippen LogP contribution in [-0.2, 0) is 0 Å². The molecule has 2 aromatic rings. The predicted octanol–water partition coefficient (Wildman–Crippen LogP) is 3.24. The summed E-state index contributed by atoms with van der Waals surface area (Å²) in [4.78, 5) is 0. The number of benzene rings is 2. The Hall–Kier alpha value is -0.970. The maximum absolute atomic E-state index is 6.59. The van der Waals surface area contributed by atoms with Gasteiger partial charge in [-0.15, -0.1) is 0 Å². The Labute approximate surface area is 95.3 Å². The van der Waals surface area contributed by atoms with E-state index in [4.69, 9.17) is 11.2 Å². The summed E-state index contributed by atoms with van der Waals surface area (Å²) < 4.78 is 0. The van der Waals surface area contributed by atoms with Gasteiger partial charge in [0.15, 0.2) is 0 Å². The molecule has 2 rings (SSSR count). The second-order valence-electron chi connectivity index (χ2n) is 3.39. The Morgan fingerprint density at radius 3 is 1.40 bits per heavy atom. The van der Waals surface area contributed by atoms with E-state index in [1.54, 1.807) is 0 Å². The van der Waals surface area contributed by atoms with Gasteiger partial charge in [-0.1, -0.05) is 78.2 Å². The molecule has 0 atom stereocenters. The molecule has 0 aliphatic rings. The molecule has 0 heterocycles. The minimum atomic E-state index is -1.93. The molecule has 76 valence electrons. The summed E-state index contributed by atoms with van der Waals surface area (Å²) in [6.07, 6.45) is 2.26. The zero-order chi connectivity index (χ0) is 10.7. The number of halogens is 1. The zero-order valence-electron chi connectivity index (χ0n) is 8.31. The highest BCUT2D eigenvalue weighted by atomic mass is 35.7. The molecule has 2 aromatic carbocycles. The van der Waals surface area contributed by atoms with Gasteiger partial charge in [0.25, 0.3) is 0 Å². The fraction of sp³-hybridized carbons (Fsp3) is 0. The summed E-state index contributed by atoms with van der Waals surface area (Å²) in [5, 5.41) is 2.25. The molecule has 0 amide bonds. The first-order chi connectivity index (χ1) is 7.21. The van der Waals surface area contributed by atoms with Gasteiger partial charge in [0.1, 0.15) is 0 Å². The van der Waals surface area contributed by atoms with E-state index >= 15 is 0 Å². The Kier molecular flexibility index (Phi) is 3.00. The van der Waals surface area contributed by atoms with Gasteiger partial charge in [-0.05, 0) is 10.6 Å². The fourth-order valence-electron chi connectivity index (χ4n) is 1.48. The van der Waals surface area contributed by atoms with E-state index in [1.165, 1.54) is 0 Å². The van der Waals surface area contributed by atoms with Crippen molar-refractivity contribution in [3.63, 3.8) is 0 Å². The van der Waals surface area contributed by atoms with E-state index in [0.717, 1.165) is 10.6 Å². The molecule has 0 fully saturated rings. The lowest BCUT2D eigenvalue weighted by Crippen LogP contribution is -2.11. The molecule has 2 heteroatoms. The van der Waals surface area contributed by atoms with Gasteiger partial charge in [0.2, 0.25) is 0 Å². The fourth-order valence-corrected chi connectivity index (χ4v) is 3.74. The number of hydrogen-bond donors (Lipinski definition) is 0. The van der Waals surface area contributed by atoms with Crippen molar-refractivity contribution in [2.45, 2.75) is 0 Å². The van der Waals surface area contributed by atoms with Crippen molar-refractivity contribution in [2.75, 3.05) is 0 Å². The van der Waals surface area contributed by atoms with Gasteiger partial charge in [-0.25, -0.2) is 0 Å². The Balaban J connectivity index is 2.50. The minimum absolute atomic E-state index is 1.12. The highest BCUT2D eigenvalue weighted by Gasteiger charge is 2.14. The average Bonchev–Trinajstić information content (AvgIpc) is 2.31. The van der Waals surface area contributed by atoms with Crippen LogP contribution in [0.4, 0.5) is 0 Å². The molecule has 0 aliphatic carbocycles. The summed E-state index contributed by atoms with van der Waals surface area (Å²) in [7, 11) is 0. The zero-order valence-corrected chi connectivity index (χ0v) is 9.96. The largest absolute Gasteiger partial charge is 0.0884 e. The lowest BCUT2D eigenvalue weighted by atomic mass is 10.4. The Bertz CT molecular complexity index is 433. The predicted molar refractivity (Wildman–Crippen MR) is 72.0 cm³/mol. The van der Waals surface area contributed by atoms with Crippen LogP contribution >= 0.6 is 17.5 Å². The molecule has 0 saturated carbocycles. The van der Waals surface area contributed by atoms with Gasteiger partial charge >= 0.3 is 0 Å². The van der Waals surface area contributed by atoms with Crippen LogP contribution in [0.3, 0.4) is 0 Å². The third-order valence-electron chi connectivity index (χ3n) is 2.33. The van der Waals surface area contributed by atoms with Crippen molar-refractivity contribution in [1.82, 2.24) is 0 Å². The summed E-state index contributed by atoms with van der Waals surface area (Å²) >= 11 is 6.59. The van der Waals surface area contributed by atoms with Gasteiger partial charge in [-0.3, -0.25) is 0 Å². The molecule has 0 N–H and O–H groups in total. The van der Waals surface area contributed by atoms with Crippen LogP contribution in [0, 0.1) is 0 Å². The summed E-state index contributed by atoms with van der Waals surface area (Å²) in [5.74, 6) is 0. The topological polar surface area (TPSA) is 0 Å². The summed E-state index contributed by atoms with van der Waals surface area (Å²) in [6.45, 7) is 0. The Morgan fingerprint density at radius 1 is 0.733 bits per heavy atom. The van der Waals surface area contributed by atoms with Crippen molar-refractivity contribution in [3.8, 4) is 0 Å². The van der Waals surface area contributed by atoms with Crippen LogP contribution in [-0.4, -0.2) is 6.30 Å². The molecule has 0 aromatic heterocycles. The SMILES string of the molecule is C=P(Cl)(c1ccccc1)c1ccccc1. The van der Waals surface area contributed by atoms with E-state index in [-0.39, 0.29) is 0 Å². The normalized spacial score (nSPS) is 11.3. The van der Waals surface area contributed by atoms with Crippen LogP contribution in [0.5, 0.6) is 0 Å². The molecule has 15 heavy (non-hydrogen) atoms. The molecule has 0 unspecified atom stereocenters. The van der Waals surface area contributed by atoms with Gasteiger partial charge in [0.05, 0.1) is 0 Å². The lowest BCUT2D eigenvalue weighted by Gasteiger charge is -2.17. The summed E-state index contributed by atoms with van der Waals surface area (Å²) in [6, 6.07) is 20.2. The second-order valence-corrected chi connectivity index (χ2v) is 7.58. The first-order valence-corrected chi connectivity index (χ1v) is 7.63. The third kappa shape index (κ3) is 2.17. The smallest absolute Gasteiger partial charge is 0.0269 e. The van der Waals surface area contributed by atoms with Crippen LogP contribution in [0.1, 0.15) is 0 Å². The van der Waals surface area contributed by atoms with Crippen molar-refractivity contribution in [2.24, 2.45) is 0 Å². The monoisotopic (exact) mass is 234 g/mol. The highest BCUT2D eigenvalue weighted by Crippen LogP contribution is 2.47. The average molecular weight is 235 g/mol. The van der Waals surface area contributed by atoms with Gasteiger partial charge in [-0.2, -0.15) is 0 Å². The molecule has 0 aliphatic heterocycles. The van der Waals surface area contributed by atoms with Crippen LogP contribution in [0.2, 0.25) is 0 Å². The maximum atomic E-state index is 6.59.